The van der Waals surface area contributed by atoms with Gasteiger partial charge >= 0.3 is 5.69 Å². The summed E-state index contributed by atoms with van der Waals surface area (Å²) >= 11 is 0. The zero-order valence-electron chi connectivity index (χ0n) is 11.1. The van der Waals surface area contributed by atoms with Crippen LogP contribution in [0.25, 0.3) is 0 Å². The third kappa shape index (κ3) is 3.40. The summed E-state index contributed by atoms with van der Waals surface area (Å²) in [7, 11) is 0. The molecule has 0 atom stereocenters. The van der Waals surface area contributed by atoms with Gasteiger partial charge in [0.15, 0.2) is 0 Å². The Labute approximate surface area is 112 Å². The van der Waals surface area contributed by atoms with Crippen LogP contribution in [-0.4, -0.2) is 15.7 Å². The predicted octanol–water partition coefficient (Wildman–Crippen LogP) is 1.72. The lowest BCUT2D eigenvalue weighted by atomic mass is 10.3. The average Bonchev–Trinajstić information content (AvgIpc) is 2.72. The molecular formula is C14H19N3O2. The lowest BCUT2D eigenvalue weighted by Gasteiger charge is -2.06. The summed E-state index contributed by atoms with van der Waals surface area (Å²) < 4.78 is 8.93. The van der Waals surface area contributed by atoms with Crippen molar-refractivity contribution < 1.29 is 4.74 Å². The minimum Gasteiger partial charge on any atom is -0.492 e. The van der Waals surface area contributed by atoms with Crippen molar-refractivity contribution >= 4 is 5.69 Å². The van der Waals surface area contributed by atoms with E-state index in [1.165, 1.54) is 0 Å². The quantitative estimate of drug-likeness (QED) is 0.805. The van der Waals surface area contributed by atoms with Gasteiger partial charge in [0.2, 0.25) is 0 Å². The predicted molar refractivity (Wildman–Crippen MR) is 75.3 cm³/mol. The van der Waals surface area contributed by atoms with Crippen LogP contribution >= 0.6 is 0 Å². The molecule has 0 aliphatic heterocycles. The van der Waals surface area contributed by atoms with Gasteiger partial charge in [0.25, 0.3) is 0 Å². The molecular weight excluding hydrogens is 242 g/mol. The van der Waals surface area contributed by atoms with Crippen LogP contribution in [0.1, 0.15) is 13.3 Å². The SMILES string of the molecule is CCCn1ccn(CCOc2cccc(N)c2)c1=O. The first-order valence-corrected chi connectivity index (χ1v) is 6.44. The molecule has 5 nitrogen and oxygen atoms in total. The molecule has 0 amide bonds. The third-order valence-electron chi connectivity index (χ3n) is 2.84. The Morgan fingerprint density at radius 2 is 1.95 bits per heavy atom. The summed E-state index contributed by atoms with van der Waals surface area (Å²) in [6.45, 7) is 3.78. The number of hydrogen-bond donors (Lipinski definition) is 1. The minimum atomic E-state index is 0.0121. The molecule has 1 heterocycles. The van der Waals surface area contributed by atoms with E-state index in [-0.39, 0.29) is 5.69 Å². The molecule has 0 radical (unpaired) electrons. The topological polar surface area (TPSA) is 62.2 Å². The molecule has 0 aliphatic rings. The number of rotatable bonds is 6. The first-order valence-electron chi connectivity index (χ1n) is 6.44. The van der Waals surface area contributed by atoms with Crippen LogP contribution in [0.15, 0.2) is 41.5 Å². The van der Waals surface area contributed by atoms with Crippen LogP contribution in [0.3, 0.4) is 0 Å². The molecule has 0 spiro atoms. The molecule has 2 rings (SSSR count). The van der Waals surface area contributed by atoms with Crippen molar-refractivity contribution in [2.45, 2.75) is 26.4 Å². The lowest BCUT2D eigenvalue weighted by molar-refractivity contribution is 0.296. The molecule has 0 saturated heterocycles. The molecule has 1 aromatic carbocycles. The first kappa shape index (κ1) is 13.3. The molecule has 0 aliphatic carbocycles. The summed E-state index contributed by atoms with van der Waals surface area (Å²) in [5.74, 6) is 0.723. The fraction of sp³-hybridized carbons (Fsp3) is 0.357. The molecule has 5 heteroatoms. The number of aromatic nitrogens is 2. The summed E-state index contributed by atoms with van der Waals surface area (Å²) in [4.78, 5) is 11.9. The molecule has 0 bridgehead atoms. The van der Waals surface area contributed by atoms with E-state index in [4.69, 9.17) is 10.5 Å². The van der Waals surface area contributed by atoms with Crippen LogP contribution in [0.5, 0.6) is 5.75 Å². The highest BCUT2D eigenvalue weighted by Gasteiger charge is 2.02. The number of aryl methyl sites for hydroxylation is 1. The number of benzene rings is 1. The Kier molecular flexibility index (Phi) is 4.28. The van der Waals surface area contributed by atoms with E-state index in [1.54, 1.807) is 21.4 Å². The van der Waals surface area contributed by atoms with E-state index in [0.29, 0.717) is 18.8 Å². The van der Waals surface area contributed by atoms with Crippen molar-refractivity contribution in [1.82, 2.24) is 9.13 Å². The second-order valence-corrected chi connectivity index (χ2v) is 4.39. The number of anilines is 1. The molecule has 0 fully saturated rings. The van der Waals surface area contributed by atoms with Gasteiger partial charge < -0.3 is 10.5 Å². The van der Waals surface area contributed by atoms with E-state index in [0.717, 1.165) is 18.7 Å². The zero-order valence-corrected chi connectivity index (χ0v) is 11.1. The highest BCUT2D eigenvalue weighted by Crippen LogP contribution is 2.14. The molecule has 2 aromatic rings. The summed E-state index contributed by atoms with van der Waals surface area (Å²) in [6.07, 6.45) is 4.55. The lowest BCUT2D eigenvalue weighted by Crippen LogP contribution is -2.25. The average molecular weight is 261 g/mol. The van der Waals surface area contributed by atoms with Crippen molar-refractivity contribution in [2.75, 3.05) is 12.3 Å². The second kappa shape index (κ2) is 6.13. The van der Waals surface area contributed by atoms with Gasteiger partial charge in [-0.3, -0.25) is 9.13 Å². The number of ether oxygens (including phenoxy) is 1. The highest BCUT2D eigenvalue weighted by atomic mass is 16.5. The Balaban J connectivity index is 1.91. The molecule has 1 aromatic heterocycles. The first-order chi connectivity index (χ1) is 9.20. The van der Waals surface area contributed by atoms with E-state index in [9.17, 15) is 4.79 Å². The maximum Gasteiger partial charge on any atom is 0.328 e. The van der Waals surface area contributed by atoms with Crippen LogP contribution in [0.2, 0.25) is 0 Å². The maximum atomic E-state index is 11.9. The van der Waals surface area contributed by atoms with Crippen LogP contribution in [-0.2, 0) is 13.1 Å². The summed E-state index contributed by atoms with van der Waals surface area (Å²) in [5.41, 5.74) is 6.35. The van der Waals surface area contributed by atoms with Gasteiger partial charge in [-0.2, -0.15) is 0 Å². The molecule has 102 valence electrons. The van der Waals surface area contributed by atoms with Gasteiger partial charge in [0, 0.05) is 30.7 Å². The van der Waals surface area contributed by atoms with Gasteiger partial charge in [0.05, 0.1) is 6.54 Å². The van der Waals surface area contributed by atoms with E-state index in [2.05, 4.69) is 0 Å². The number of nitrogen functional groups attached to an aromatic ring is 1. The summed E-state index contributed by atoms with van der Waals surface area (Å²) in [5, 5.41) is 0. The van der Waals surface area contributed by atoms with Crippen molar-refractivity contribution in [3.8, 4) is 5.75 Å². The molecule has 19 heavy (non-hydrogen) atoms. The van der Waals surface area contributed by atoms with Crippen molar-refractivity contribution in [3.05, 3.63) is 47.1 Å². The van der Waals surface area contributed by atoms with Gasteiger partial charge in [0.1, 0.15) is 12.4 Å². The van der Waals surface area contributed by atoms with Crippen LogP contribution in [0.4, 0.5) is 5.69 Å². The fourth-order valence-electron chi connectivity index (χ4n) is 1.90. The molecule has 0 unspecified atom stereocenters. The van der Waals surface area contributed by atoms with E-state index in [1.807, 2.05) is 31.3 Å². The number of nitrogens with zero attached hydrogens (tertiary/aromatic N) is 2. The van der Waals surface area contributed by atoms with Gasteiger partial charge in [-0.15, -0.1) is 0 Å². The van der Waals surface area contributed by atoms with Gasteiger partial charge in [-0.25, -0.2) is 4.79 Å². The van der Waals surface area contributed by atoms with Crippen molar-refractivity contribution in [1.29, 1.82) is 0 Å². The molecule has 2 N–H and O–H groups in total. The Hall–Kier alpha value is -2.17. The minimum absolute atomic E-state index is 0.0121. The number of hydrogen-bond acceptors (Lipinski definition) is 3. The standard InChI is InChI=1S/C14H19N3O2/c1-2-6-16-7-8-17(14(16)18)9-10-19-13-5-3-4-12(15)11-13/h3-5,7-8,11H,2,6,9-10,15H2,1H3. The van der Waals surface area contributed by atoms with Gasteiger partial charge in [-0.05, 0) is 18.6 Å². The third-order valence-corrected chi connectivity index (χ3v) is 2.84. The number of imidazole rings is 1. The van der Waals surface area contributed by atoms with Crippen LogP contribution < -0.4 is 16.2 Å². The monoisotopic (exact) mass is 261 g/mol. The maximum absolute atomic E-state index is 11.9. The van der Waals surface area contributed by atoms with E-state index >= 15 is 0 Å². The number of nitrogens with two attached hydrogens (primary N) is 1. The molecule has 0 saturated carbocycles. The second-order valence-electron chi connectivity index (χ2n) is 4.39. The van der Waals surface area contributed by atoms with Crippen molar-refractivity contribution in [3.63, 3.8) is 0 Å². The van der Waals surface area contributed by atoms with Crippen molar-refractivity contribution in [2.24, 2.45) is 0 Å². The normalized spacial score (nSPS) is 10.6. The Morgan fingerprint density at radius 1 is 1.21 bits per heavy atom. The van der Waals surface area contributed by atoms with Gasteiger partial charge in [-0.1, -0.05) is 13.0 Å². The zero-order chi connectivity index (χ0) is 13.7. The van der Waals surface area contributed by atoms with Crippen LogP contribution in [0, 0.1) is 0 Å². The Morgan fingerprint density at radius 3 is 2.63 bits per heavy atom. The smallest absolute Gasteiger partial charge is 0.328 e. The highest BCUT2D eigenvalue weighted by molar-refractivity contribution is 5.43. The summed E-state index contributed by atoms with van der Waals surface area (Å²) in [6, 6.07) is 7.27. The van der Waals surface area contributed by atoms with E-state index < -0.39 is 0 Å². The Bertz CT molecular complexity index is 586. The fourth-order valence-corrected chi connectivity index (χ4v) is 1.90. The largest absolute Gasteiger partial charge is 0.492 e.